The molecule has 1 amide bonds. The second-order valence-corrected chi connectivity index (χ2v) is 7.95. The standard InChI is InChI=1S/C20H20N2OS2/c1-4-11-22-17-9-7-15(14(2)3)13-18(17)25-20(22)21-19(23)10-8-16-6-5-12-24-16/h4-10,12-14H,1,11H2,2-3H3/b10-8+,21-20?. The highest BCUT2D eigenvalue weighted by molar-refractivity contribution is 7.16. The molecule has 0 atom stereocenters. The predicted molar refractivity (Wildman–Crippen MR) is 108 cm³/mol. The van der Waals surface area contributed by atoms with Gasteiger partial charge in [0.25, 0.3) is 5.91 Å². The molecule has 5 heteroatoms. The lowest BCUT2D eigenvalue weighted by Crippen LogP contribution is -2.15. The van der Waals surface area contributed by atoms with Crippen molar-refractivity contribution in [2.24, 2.45) is 4.99 Å². The third kappa shape index (κ3) is 4.06. The van der Waals surface area contributed by atoms with Crippen molar-refractivity contribution >= 4 is 44.9 Å². The summed E-state index contributed by atoms with van der Waals surface area (Å²) < 4.78 is 3.18. The summed E-state index contributed by atoms with van der Waals surface area (Å²) in [4.78, 5) is 18.3. The van der Waals surface area contributed by atoms with Gasteiger partial charge in [0.15, 0.2) is 4.80 Å². The van der Waals surface area contributed by atoms with Crippen LogP contribution in [0.15, 0.2) is 59.4 Å². The Hall–Kier alpha value is -2.24. The number of hydrogen-bond acceptors (Lipinski definition) is 3. The third-order valence-corrected chi connectivity index (χ3v) is 5.70. The summed E-state index contributed by atoms with van der Waals surface area (Å²) in [6.07, 6.45) is 5.15. The van der Waals surface area contributed by atoms with Gasteiger partial charge in [-0.05, 0) is 41.1 Å². The molecular formula is C20H20N2OS2. The van der Waals surface area contributed by atoms with E-state index in [-0.39, 0.29) is 5.91 Å². The Morgan fingerprint density at radius 3 is 2.88 bits per heavy atom. The van der Waals surface area contributed by atoms with E-state index in [0.29, 0.717) is 17.3 Å². The molecule has 2 aromatic heterocycles. The number of carbonyl (C=O) groups is 1. The fourth-order valence-electron chi connectivity index (χ4n) is 2.51. The lowest BCUT2D eigenvalue weighted by atomic mass is 10.0. The quantitative estimate of drug-likeness (QED) is 0.449. The highest BCUT2D eigenvalue weighted by Gasteiger charge is 2.08. The van der Waals surface area contributed by atoms with Crippen LogP contribution in [0.25, 0.3) is 16.3 Å². The van der Waals surface area contributed by atoms with Crippen molar-refractivity contribution in [3.63, 3.8) is 0 Å². The fraction of sp³-hybridized carbons (Fsp3) is 0.200. The third-order valence-electron chi connectivity index (χ3n) is 3.82. The van der Waals surface area contributed by atoms with Crippen molar-refractivity contribution in [2.75, 3.05) is 0 Å². The molecule has 2 heterocycles. The van der Waals surface area contributed by atoms with Crippen LogP contribution in [0.2, 0.25) is 0 Å². The van der Waals surface area contributed by atoms with Crippen LogP contribution in [-0.2, 0) is 11.3 Å². The number of amides is 1. The molecule has 0 aliphatic carbocycles. The van der Waals surface area contributed by atoms with Gasteiger partial charge in [-0.2, -0.15) is 4.99 Å². The number of nitrogens with zero attached hydrogens (tertiary/aromatic N) is 2. The summed E-state index contributed by atoms with van der Waals surface area (Å²) >= 11 is 3.14. The molecule has 3 aromatic rings. The van der Waals surface area contributed by atoms with E-state index in [9.17, 15) is 4.79 Å². The highest BCUT2D eigenvalue weighted by atomic mass is 32.1. The average Bonchev–Trinajstić information content (AvgIpc) is 3.21. The first-order valence-corrected chi connectivity index (χ1v) is 9.82. The number of rotatable bonds is 5. The van der Waals surface area contributed by atoms with Gasteiger partial charge in [-0.15, -0.1) is 17.9 Å². The first-order chi connectivity index (χ1) is 12.1. The zero-order valence-corrected chi connectivity index (χ0v) is 15.9. The number of thiazole rings is 1. The maximum atomic E-state index is 12.2. The molecule has 0 unspecified atom stereocenters. The fourth-order valence-corrected chi connectivity index (χ4v) is 4.22. The second kappa shape index (κ2) is 7.76. The number of fused-ring (bicyclic) bond motifs is 1. The van der Waals surface area contributed by atoms with Crippen molar-refractivity contribution in [1.29, 1.82) is 0 Å². The van der Waals surface area contributed by atoms with E-state index >= 15 is 0 Å². The number of hydrogen-bond donors (Lipinski definition) is 0. The molecule has 0 aliphatic rings. The number of allylic oxidation sites excluding steroid dienone is 1. The minimum Gasteiger partial charge on any atom is -0.312 e. The van der Waals surface area contributed by atoms with Crippen LogP contribution in [0.1, 0.15) is 30.2 Å². The van der Waals surface area contributed by atoms with Crippen LogP contribution >= 0.6 is 22.7 Å². The smallest absolute Gasteiger partial charge is 0.272 e. The molecule has 0 spiro atoms. The molecule has 0 bridgehead atoms. The van der Waals surface area contributed by atoms with Gasteiger partial charge in [0, 0.05) is 17.5 Å². The minimum absolute atomic E-state index is 0.248. The van der Waals surface area contributed by atoms with Gasteiger partial charge in [-0.25, -0.2) is 0 Å². The van der Waals surface area contributed by atoms with Crippen molar-refractivity contribution in [2.45, 2.75) is 26.3 Å². The molecular weight excluding hydrogens is 348 g/mol. The summed E-state index contributed by atoms with van der Waals surface area (Å²) in [5.41, 5.74) is 2.37. The first kappa shape index (κ1) is 17.6. The van der Waals surface area contributed by atoms with Gasteiger partial charge in [-0.1, -0.05) is 43.4 Å². The number of carbonyl (C=O) groups excluding carboxylic acids is 1. The lowest BCUT2D eigenvalue weighted by molar-refractivity contribution is -0.113. The van der Waals surface area contributed by atoms with E-state index in [0.717, 1.165) is 15.1 Å². The molecule has 0 saturated carbocycles. The predicted octanol–water partition coefficient (Wildman–Crippen LogP) is 5.21. The Balaban J connectivity index is 2.02. The Bertz CT molecular complexity index is 989. The minimum atomic E-state index is -0.248. The zero-order valence-electron chi connectivity index (χ0n) is 14.3. The molecule has 3 rings (SSSR count). The maximum absolute atomic E-state index is 12.2. The Kier molecular flexibility index (Phi) is 5.46. The Morgan fingerprint density at radius 1 is 1.36 bits per heavy atom. The van der Waals surface area contributed by atoms with Crippen molar-refractivity contribution in [3.8, 4) is 0 Å². The van der Waals surface area contributed by atoms with E-state index in [1.807, 2.05) is 28.2 Å². The lowest BCUT2D eigenvalue weighted by Gasteiger charge is -2.05. The van der Waals surface area contributed by atoms with Gasteiger partial charge in [0.2, 0.25) is 0 Å². The Morgan fingerprint density at radius 2 is 2.20 bits per heavy atom. The molecule has 25 heavy (non-hydrogen) atoms. The van der Waals surface area contributed by atoms with Crippen LogP contribution < -0.4 is 4.80 Å². The topological polar surface area (TPSA) is 34.4 Å². The summed E-state index contributed by atoms with van der Waals surface area (Å²) in [5.74, 6) is 0.219. The number of thiophene rings is 1. The monoisotopic (exact) mass is 368 g/mol. The number of benzene rings is 1. The second-order valence-electron chi connectivity index (χ2n) is 5.96. The molecule has 0 fully saturated rings. The molecule has 0 saturated heterocycles. The van der Waals surface area contributed by atoms with E-state index in [1.54, 1.807) is 28.7 Å². The van der Waals surface area contributed by atoms with Gasteiger partial charge < -0.3 is 4.57 Å². The summed E-state index contributed by atoms with van der Waals surface area (Å²) in [6, 6.07) is 10.4. The van der Waals surface area contributed by atoms with E-state index in [2.05, 4.69) is 43.6 Å². The summed E-state index contributed by atoms with van der Waals surface area (Å²) in [7, 11) is 0. The van der Waals surface area contributed by atoms with Gasteiger partial charge in [0.05, 0.1) is 10.2 Å². The van der Waals surface area contributed by atoms with E-state index in [4.69, 9.17) is 0 Å². The SMILES string of the molecule is C=CCn1c(=NC(=O)/C=C/c2cccs2)sc2cc(C(C)C)ccc21. The average molecular weight is 369 g/mol. The first-order valence-electron chi connectivity index (χ1n) is 8.13. The normalized spacial score (nSPS) is 12.5. The number of aromatic nitrogens is 1. The summed E-state index contributed by atoms with van der Waals surface area (Å²) in [5, 5.41) is 1.98. The maximum Gasteiger partial charge on any atom is 0.272 e. The van der Waals surface area contributed by atoms with E-state index in [1.165, 1.54) is 11.6 Å². The van der Waals surface area contributed by atoms with Crippen molar-refractivity contribution < 1.29 is 4.79 Å². The van der Waals surface area contributed by atoms with E-state index < -0.39 is 0 Å². The zero-order chi connectivity index (χ0) is 17.8. The molecule has 1 aromatic carbocycles. The molecule has 0 N–H and O–H groups in total. The molecule has 3 nitrogen and oxygen atoms in total. The molecule has 0 aliphatic heterocycles. The van der Waals surface area contributed by atoms with Crippen LogP contribution in [0.3, 0.4) is 0 Å². The largest absolute Gasteiger partial charge is 0.312 e. The van der Waals surface area contributed by atoms with Crippen LogP contribution in [0.5, 0.6) is 0 Å². The van der Waals surface area contributed by atoms with Crippen LogP contribution in [0, 0.1) is 0 Å². The van der Waals surface area contributed by atoms with Gasteiger partial charge in [0.1, 0.15) is 0 Å². The van der Waals surface area contributed by atoms with Gasteiger partial charge >= 0.3 is 0 Å². The highest BCUT2D eigenvalue weighted by Crippen LogP contribution is 2.23. The van der Waals surface area contributed by atoms with Crippen LogP contribution in [-0.4, -0.2) is 10.5 Å². The Labute approximate surface area is 155 Å². The van der Waals surface area contributed by atoms with Gasteiger partial charge in [-0.3, -0.25) is 4.79 Å². The molecule has 128 valence electrons. The summed E-state index contributed by atoms with van der Waals surface area (Å²) in [6.45, 7) is 8.80. The van der Waals surface area contributed by atoms with Crippen molar-refractivity contribution in [1.82, 2.24) is 4.57 Å². The molecule has 0 radical (unpaired) electrons. The van der Waals surface area contributed by atoms with Crippen molar-refractivity contribution in [3.05, 3.63) is 69.7 Å². The van der Waals surface area contributed by atoms with Crippen LogP contribution in [0.4, 0.5) is 0 Å².